The number of ether oxygens (including phenoxy) is 1. The number of nitrogens with one attached hydrogen (secondary N) is 1. The Morgan fingerprint density at radius 2 is 2.22 bits per heavy atom. The van der Waals surface area contributed by atoms with E-state index in [1.807, 2.05) is 0 Å². The number of hydrogen-bond acceptors (Lipinski definition) is 8. The summed E-state index contributed by atoms with van der Waals surface area (Å²) in [7, 11) is 0. The van der Waals surface area contributed by atoms with E-state index in [-0.39, 0.29) is 11.6 Å². The molecular weight excluding hydrogens is 246 g/mol. The van der Waals surface area contributed by atoms with Crippen LogP contribution in [0.2, 0.25) is 0 Å². The molecule has 0 bridgehead atoms. The van der Waals surface area contributed by atoms with Gasteiger partial charge in [-0.25, -0.2) is 0 Å². The van der Waals surface area contributed by atoms with Crippen LogP contribution in [0.4, 0.5) is 0 Å². The van der Waals surface area contributed by atoms with Crippen molar-refractivity contribution in [3.63, 3.8) is 0 Å². The van der Waals surface area contributed by atoms with E-state index in [1.165, 1.54) is 6.20 Å². The van der Waals surface area contributed by atoms with Gasteiger partial charge in [-0.3, -0.25) is 4.79 Å². The largest absolute Gasteiger partial charge is 0.394 e. The van der Waals surface area contributed by atoms with Crippen LogP contribution in [0.5, 0.6) is 6.01 Å². The molecular formula is C9H13N3O6. The number of H-pyrrole nitrogens is 1. The predicted octanol–water partition coefficient (Wildman–Crippen LogP) is -2.82. The van der Waals surface area contributed by atoms with Crippen molar-refractivity contribution >= 4 is 0 Å². The van der Waals surface area contributed by atoms with Crippen molar-refractivity contribution in [3.05, 3.63) is 22.1 Å². The van der Waals surface area contributed by atoms with Gasteiger partial charge in [0.2, 0.25) is 0 Å². The summed E-state index contributed by atoms with van der Waals surface area (Å²) in [5.74, 6) is 4.83. The standard InChI is InChI=1S/C9H13N3O6/c10-18-9-11-1-3(8(16)12-9)7-6(15)5(14)4(2-13)17-7/h1,4-7,13-15H,2,10H2,(H,11,12,16)/t4-,5?,6?,7+/m1/s1. The number of nitrogens with zero attached hydrogens (tertiary/aromatic N) is 1. The first kappa shape index (κ1) is 12.9. The zero-order valence-electron chi connectivity index (χ0n) is 9.18. The van der Waals surface area contributed by atoms with Crippen LogP contribution in [0.15, 0.2) is 11.0 Å². The second-order valence-corrected chi connectivity index (χ2v) is 3.84. The molecule has 6 N–H and O–H groups in total. The number of aliphatic hydroxyl groups is 3. The van der Waals surface area contributed by atoms with Crippen molar-refractivity contribution < 1.29 is 24.9 Å². The summed E-state index contributed by atoms with van der Waals surface area (Å²) >= 11 is 0. The molecule has 100 valence electrons. The van der Waals surface area contributed by atoms with Crippen LogP contribution in [0.1, 0.15) is 11.7 Å². The topological polar surface area (TPSA) is 151 Å². The maximum Gasteiger partial charge on any atom is 0.316 e. The van der Waals surface area contributed by atoms with Crippen LogP contribution in [-0.2, 0) is 4.74 Å². The molecule has 1 aromatic rings. The fourth-order valence-electron chi connectivity index (χ4n) is 1.81. The minimum Gasteiger partial charge on any atom is -0.394 e. The Bertz CT molecular complexity index is 478. The van der Waals surface area contributed by atoms with Crippen LogP contribution in [0.25, 0.3) is 0 Å². The van der Waals surface area contributed by atoms with Crippen molar-refractivity contribution in [2.75, 3.05) is 6.61 Å². The molecule has 18 heavy (non-hydrogen) atoms. The summed E-state index contributed by atoms with van der Waals surface area (Å²) in [5.41, 5.74) is -0.692. The summed E-state index contributed by atoms with van der Waals surface area (Å²) < 4.78 is 5.19. The smallest absolute Gasteiger partial charge is 0.316 e. The van der Waals surface area contributed by atoms with Crippen molar-refractivity contribution in [1.29, 1.82) is 0 Å². The Kier molecular flexibility index (Phi) is 3.59. The fraction of sp³-hybridized carbons (Fsp3) is 0.556. The molecule has 1 aliphatic rings. The first-order chi connectivity index (χ1) is 8.58. The molecule has 2 unspecified atom stereocenters. The van der Waals surface area contributed by atoms with E-state index in [2.05, 4.69) is 14.8 Å². The van der Waals surface area contributed by atoms with Crippen LogP contribution in [0.3, 0.4) is 0 Å². The molecule has 9 nitrogen and oxygen atoms in total. The molecule has 1 aromatic heterocycles. The lowest BCUT2D eigenvalue weighted by molar-refractivity contribution is -0.0232. The fourth-order valence-corrected chi connectivity index (χ4v) is 1.81. The average molecular weight is 259 g/mol. The monoisotopic (exact) mass is 259 g/mol. The third-order valence-corrected chi connectivity index (χ3v) is 2.76. The summed E-state index contributed by atoms with van der Waals surface area (Å²) in [5, 5.41) is 28.2. The van der Waals surface area contributed by atoms with Crippen molar-refractivity contribution in [2.45, 2.75) is 24.4 Å². The number of aromatic amines is 1. The average Bonchev–Trinajstić information content (AvgIpc) is 2.66. The van der Waals surface area contributed by atoms with Gasteiger partial charge in [-0.15, -0.1) is 0 Å². The van der Waals surface area contributed by atoms with Gasteiger partial charge in [-0.2, -0.15) is 10.9 Å². The van der Waals surface area contributed by atoms with Crippen molar-refractivity contribution in [3.8, 4) is 6.01 Å². The highest BCUT2D eigenvalue weighted by Crippen LogP contribution is 2.31. The third-order valence-electron chi connectivity index (χ3n) is 2.76. The van der Waals surface area contributed by atoms with Crippen LogP contribution in [0, 0.1) is 0 Å². The number of nitrogens with two attached hydrogens (primary N) is 1. The van der Waals surface area contributed by atoms with Gasteiger partial charge in [0.1, 0.15) is 24.4 Å². The molecule has 0 spiro atoms. The first-order valence-corrected chi connectivity index (χ1v) is 5.17. The number of aromatic nitrogens is 2. The lowest BCUT2D eigenvalue weighted by Crippen LogP contribution is -2.33. The minimum absolute atomic E-state index is 0.0123. The van der Waals surface area contributed by atoms with E-state index in [1.54, 1.807) is 0 Å². The van der Waals surface area contributed by atoms with E-state index < -0.39 is 36.6 Å². The SMILES string of the molecule is NOc1nc(=O)c([C@@H]2O[C@H](CO)C(O)C2O)c[nH]1. The van der Waals surface area contributed by atoms with Gasteiger partial charge >= 0.3 is 6.01 Å². The Balaban J connectivity index is 2.30. The zero-order valence-corrected chi connectivity index (χ0v) is 9.18. The van der Waals surface area contributed by atoms with E-state index >= 15 is 0 Å². The quantitative estimate of drug-likeness (QED) is 0.364. The molecule has 1 fully saturated rings. The third kappa shape index (κ3) is 2.09. The number of aliphatic hydroxyl groups excluding tert-OH is 3. The molecule has 4 atom stereocenters. The van der Waals surface area contributed by atoms with Gasteiger partial charge in [0.15, 0.2) is 0 Å². The number of hydrogen-bond donors (Lipinski definition) is 5. The Hall–Kier alpha value is -1.52. The molecule has 0 aliphatic carbocycles. The highest BCUT2D eigenvalue weighted by molar-refractivity contribution is 5.15. The summed E-state index contributed by atoms with van der Waals surface area (Å²) in [6.45, 7) is -0.468. The molecule has 2 heterocycles. The van der Waals surface area contributed by atoms with E-state index in [0.29, 0.717) is 0 Å². The van der Waals surface area contributed by atoms with Gasteiger partial charge in [0.25, 0.3) is 5.56 Å². The normalized spacial score (nSPS) is 31.6. The molecule has 1 saturated heterocycles. The second-order valence-electron chi connectivity index (χ2n) is 3.84. The molecule has 2 rings (SSSR count). The highest BCUT2D eigenvalue weighted by Gasteiger charge is 2.44. The summed E-state index contributed by atoms with van der Waals surface area (Å²) in [6, 6.07) is -0.185. The second kappa shape index (κ2) is 5.00. The van der Waals surface area contributed by atoms with Crippen molar-refractivity contribution in [1.82, 2.24) is 9.97 Å². The molecule has 9 heteroatoms. The summed E-state index contributed by atoms with van der Waals surface area (Å²) in [4.78, 5) is 21.8. The Labute approximate surface area is 101 Å². The molecule has 0 radical (unpaired) electrons. The Morgan fingerprint density at radius 3 is 2.72 bits per heavy atom. The van der Waals surface area contributed by atoms with E-state index in [0.717, 1.165) is 0 Å². The maximum absolute atomic E-state index is 11.6. The van der Waals surface area contributed by atoms with Gasteiger partial charge in [0.05, 0.1) is 12.2 Å². The van der Waals surface area contributed by atoms with Gasteiger partial charge in [0, 0.05) is 6.20 Å². The van der Waals surface area contributed by atoms with Gasteiger partial charge in [-0.05, 0) is 0 Å². The highest BCUT2D eigenvalue weighted by atomic mass is 16.6. The number of rotatable bonds is 3. The van der Waals surface area contributed by atoms with Crippen LogP contribution < -0.4 is 16.3 Å². The predicted molar refractivity (Wildman–Crippen MR) is 56.4 cm³/mol. The first-order valence-electron chi connectivity index (χ1n) is 5.17. The van der Waals surface area contributed by atoms with Crippen molar-refractivity contribution in [2.24, 2.45) is 5.90 Å². The molecule has 1 aliphatic heterocycles. The zero-order chi connectivity index (χ0) is 13.3. The Morgan fingerprint density at radius 1 is 1.50 bits per heavy atom. The minimum atomic E-state index is -1.32. The lowest BCUT2D eigenvalue weighted by Gasteiger charge is -2.13. The van der Waals surface area contributed by atoms with E-state index in [4.69, 9.17) is 15.7 Å². The molecule has 0 aromatic carbocycles. The molecule has 0 amide bonds. The van der Waals surface area contributed by atoms with Crippen LogP contribution in [-0.4, -0.2) is 50.2 Å². The summed E-state index contributed by atoms with van der Waals surface area (Å²) in [6.07, 6.45) is -3.40. The van der Waals surface area contributed by atoms with Gasteiger partial charge in [-0.1, -0.05) is 0 Å². The van der Waals surface area contributed by atoms with Crippen LogP contribution >= 0.6 is 0 Å². The maximum atomic E-state index is 11.6. The lowest BCUT2D eigenvalue weighted by atomic mass is 10.0. The van der Waals surface area contributed by atoms with Gasteiger partial charge < -0.3 is 29.9 Å². The van der Waals surface area contributed by atoms with E-state index in [9.17, 15) is 15.0 Å². The molecule has 0 saturated carbocycles.